The molecular formula is C29H30N4O3. The van der Waals surface area contributed by atoms with Crippen molar-refractivity contribution in [2.45, 2.75) is 6.04 Å². The van der Waals surface area contributed by atoms with Gasteiger partial charge >= 0.3 is 0 Å². The molecule has 36 heavy (non-hydrogen) atoms. The first-order chi connectivity index (χ1) is 17.7. The van der Waals surface area contributed by atoms with Gasteiger partial charge in [-0.05, 0) is 29.3 Å². The smallest absolute Gasteiger partial charge is 0.252 e. The van der Waals surface area contributed by atoms with E-state index in [0.717, 1.165) is 31.7 Å². The second-order valence-corrected chi connectivity index (χ2v) is 8.77. The predicted molar refractivity (Wildman–Crippen MR) is 142 cm³/mol. The van der Waals surface area contributed by atoms with E-state index in [0.29, 0.717) is 23.1 Å². The zero-order valence-electron chi connectivity index (χ0n) is 20.6. The summed E-state index contributed by atoms with van der Waals surface area (Å²) in [6.07, 6.45) is 0. The highest BCUT2D eigenvalue weighted by molar-refractivity contribution is 5.64. The summed E-state index contributed by atoms with van der Waals surface area (Å²) in [5.41, 5.74) is 3.77. The lowest BCUT2D eigenvalue weighted by molar-refractivity contribution is 0.211. The maximum absolute atomic E-state index is 12.6. The lowest BCUT2D eigenvalue weighted by Gasteiger charge is -2.40. The Morgan fingerprint density at radius 1 is 0.778 bits per heavy atom. The number of rotatable bonds is 7. The molecule has 1 aromatic heterocycles. The summed E-state index contributed by atoms with van der Waals surface area (Å²) in [5.74, 6) is 1.82. The molecule has 1 aliphatic rings. The van der Waals surface area contributed by atoms with Gasteiger partial charge in [-0.1, -0.05) is 60.7 Å². The number of anilines is 1. The van der Waals surface area contributed by atoms with E-state index in [4.69, 9.17) is 14.5 Å². The number of hydrogen-bond donors (Lipinski definition) is 1. The van der Waals surface area contributed by atoms with Crippen LogP contribution in [0.25, 0.3) is 11.3 Å². The molecule has 1 aliphatic heterocycles. The van der Waals surface area contributed by atoms with Crippen LogP contribution in [-0.2, 0) is 0 Å². The van der Waals surface area contributed by atoms with Crippen LogP contribution in [0.3, 0.4) is 0 Å². The van der Waals surface area contributed by atoms with E-state index in [-0.39, 0.29) is 11.6 Å². The van der Waals surface area contributed by atoms with E-state index >= 15 is 0 Å². The molecule has 1 N–H and O–H groups in total. The van der Waals surface area contributed by atoms with Gasteiger partial charge in [0.25, 0.3) is 5.56 Å². The van der Waals surface area contributed by atoms with E-state index in [1.54, 1.807) is 14.2 Å². The third-order valence-electron chi connectivity index (χ3n) is 6.62. The lowest BCUT2D eigenvalue weighted by atomic mass is 9.96. The van der Waals surface area contributed by atoms with Gasteiger partial charge in [0.05, 0.1) is 26.0 Å². The third-order valence-corrected chi connectivity index (χ3v) is 6.62. The molecule has 1 fully saturated rings. The van der Waals surface area contributed by atoms with E-state index < -0.39 is 0 Å². The van der Waals surface area contributed by atoms with Crippen molar-refractivity contribution in [2.75, 3.05) is 45.3 Å². The molecule has 1 saturated heterocycles. The number of aromatic nitrogens is 2. The SMILES string of the molecule is COc1ccc(-c2cc(=O)[nH]c(N3CCN(C(c4ccccc4)c4ccccc4)CC3)n2)cc1OC. The number of hydrogen-bond acceptors (Lipinski definition) is 6. The van der Waals surface area contributed by atoms with Gasteiger partial charge in [-0.3, -0.25) is 14.7 Å². The number of benzene rings is 3. The van der Waals surface area contributed by atoms with Crippen LogP contribution in [-0.4, -0.2) is 55.3 Å². The summed E-state index contributed by atoms with van der Waals surface area (Å²) >= 11 is 0. The van der Waals surface area contributed by atoms with Crippen LogP contribution in [0.15, 0.2) is 89.7 Å². The quantitative estimate of drug-likeness (QED) is 0.422. The topological polar surface area (TPSA) is 70.7 Å². The van der Waals surface area contributed by atoms with Crippen molar-refractivity contribution in [2.24, 2.45) is 0 Å². The summed E-state index contributed by atoms with van der Waals surface area (Å²) in [6, 6.07) is 28.5. The van der Waals surface area contributed by atoms with Crippen LogP contribution in [0.4, 0.5) is 5.95 Å². The van der Waals surface area contributed by atoms with Crippen LogP contribution < -0.4 is 19.9 Å². The molecule has 0 saturated carbocycles. The van der Waals surface area contributed by atoms with Crippen molar-refractivity contribution in [3.05, 3.63) is 106 Å². The summed E-state index contributed by atoms with van der Waals surface area (Å²) in [5, 5.41) is 0. The van der Waals surface area contributed by atoms with E-state index in [1.165, 1.54) is 17.2 Å². The van der Waals surface area contributed by atoms with Crippen LogP contribution >= 0.6 is 0 Å². The lowest BCUT2D eigenvalue weighted by Crippen LogP contribution is -2.48. The molecule has 0 atom stereocenters. The molecule has 0 spiro atoms. The number of H-pyrrole nitrogens is 1. The number of nitrogens with one attached hydrogen (secondary N) is 1. The Bertz CT molecular complexity index is 1310. The summed E-state index contributed by atoms with van der Waals surface area (Å²) < 4.78 is 10.8. The fourth-order valence-electron chi connectivity index (χ4n) is 4.81. The van der Waals surface area contributed by atoms with Gasteiger partial charge in [0, 0.05) is 37.8 Å². The molecule has 7 heteroatoms. The van der Waals surface area contributed by atoms with Crippen LogP contribution in [0.2, 0.25) is 0 Å². The Morgan fingerprint density at radius 3 is 1.97 bits per heavy atom. The highest BCUT2D eigenvalue weighted by atomic mass is 16.5. The normalized spacial score (nSPS) is 14.1. The zero-order chi connectivity index (χ0) is 24.9. The molecule has 0 amide bonds. The molecule has 5 rings (SSSR count). The fraction of sp³-hybridized carbons (Fsp3) is 0.241. The van der Waals surface area contributed by atoms with E-state index in [9.17, 15) is 4.79 Å². The van der Waals surface area contributed by atoms with E-state index in [2.05, 4.69) is 75.4 Å². The molecule has 0 unspecified atom stereocenters. The molecule has 184 valence electrons. The van der Waals surface area contributed by atoms with Gasteiger partial charge in [0.2, 0.25) is 5.95 Å². The Hall–Kier alpha value is -4.10. The van der Waals surface area contributed by atoms with Gasteiger partial charge in [0.15, 0.2) is 11.5 Å². The summed E-state index contributed by atoms with van der Waals surface area (Å²) in [4.78, 5) is 24.9. The average Bonchev–Trinajstić information content (AvgIpc) is 2.94. The number of aromatic amines is 1. The number of piperazine rings is 1. The van der Waals surface area contributed by atoms with Gasteiger partial charge < -0.3 is 14.4 Å². The van der Waals surface area contributed by atoms with Gasteiger partial charge in [-0.25, -0.2) is 4.98 Å². The number of nitrogens with zero attached hydrogens (tertiary/aromatic N) is 3. The Labute approximate surface area is 210 Å². The van der Waals surface area contributed by atoms with Crippen LogP contribution in [0.1, 0.15) is 17.2 Å². The monoisotopic (exact) mass is 482 g/mol. The maximum Gasteiger partial charge on any atom is 0.252 e. The fourth-order valence-corrected chi connectivity index (χ4v) is 4.81. The minimum absolute atomic E-state index is 0.180. The molecule has 0 radical (unpaired) electrons. The molecule has 2 heterocycles. The molecular weight excluding hydrogens is 452 g/mol. The molecule has 3 aromatic carbocycles. The predicted octanol–water partition coefficient (Wildman–Crippen LogP) is 4.37. The van der Waals surface area contributed by atoms with Gasteiger partial charge in [0.1, 0.15) is 0 Å². The highest BCUT2D eigenvalue weighted by Gasteiger charge is 2.27. The Morgan fingerprint density at radius 2 is 1.39 bits per heavy atom. The first kappa shape index (κ1) is 23.6. The molecule has 7 nitrogen and oxygen atoms in total. The summed E-state index contributed by atoms with van der Waals surface area (Å²) in [6.45, 7) is 3.21. The minimum atomic E-state index is -0.182. The van der Waals surface area contributed by atoms with Crippen LogP contribution in [0, 0.1) is 0 Å². The van der Waals surface area contributed by atoms with Crippen molar-refractivity contribution < 1.29 is 9.47 Å². The van der Waals surface area contributed by atoms with Crippen molar-refractivity contribution >= 4 is 5.95 Å². The molecule has 0 aliphatic carbocycles. The molecule has 0 bridgehead atoms. The van der Waals surface area contributed by atoms with Crippen molar-refractivity contribution in [3.8, 4) is 22.8 Å². The second kappa shape index (κ2) is 10.7. The standard InChI is InChI=1S/C29H30N4O3/c1-35-25-14-13-23(19-26(25)36-2)24-20-27(34)31-29(30-24)33-17-15-32(16-18-33)28(21-9-5-3-6-10-21)22-11-7-4-8-12-22/h3-14,19-20,28H,15-18H2,1-2H3,(H,30,31,34). The minimum Gasteiger partial charge on any atom is -0.493 e. The zero-order valence-corrected chi connectivity index (χ0v) is 20.6. The van der Waals surface area contributed by atoms with Crippen molar-refractivity contribution in [1.82, 2.24) is 14.9 Å². The van der Waals surface area contributed by atoms with Crippen LogP contribution in [0.5, 0.6) is 11.5 Å². The Kier molecular flexibility index (Phi) is 7.00. The maximum atomic E-state index is 12.6. The average molecular weight is 483 g/mol. The first-order valence-corrected chi connectivity index (χ1v) is 12.1. The summed E-state index contributed by atoms with van der Waals surface area (Å²) in [7, 11) is 3.19. The largest absolute Gasteiger partial charge is 0.493 e. The first-order valence-electron chi connectivity index (χ1n) is 12.1. The Balaban J connectivity index is 1.38. The highest BCUT2D eigenvalue weighted by Crippen LogP contribution is 2.32. The van der Waals surface area contributed by atoms with Gasteiger partial charge in [-0.15, -0.1) is 0 Å². The third kappa shape index (κ3) is 4.97. The van der Waals surface area contributed by atoms with Crippen molar-refractivity contribution in [3.63, 3.8) is 0 Å². The van der Waals surface area contributed by atoms with E-state index in [1.807, 2.05) is 18.2 Å². The molecule has 4 aromatic rings. The van der Waals surface area contributed by atoms with Gasteiger partial charge in [-0.2, -0.15) is 0 Å². The number of ether oxygens (including phenoxy) is 2. The second-order valence-electron chi connectivity index (χ2n) is 8.77. The number of methoxy groups -OCH3 is 2. The van der Waals surface area contributed by atoms with Crippen molar-refractivity contribution in [1.29, 1.82) is 0 Å².